The average Bonchev–Trinajstić information content (AvgIpc) is 2.74. The zero-order valence-electron chi connectivity index (χ0n) is 17.8. The molecule has 10 heteroatoms. The van der Waals surface area contributed by atoms with E-state index >= 15 is 0 Å². The second-order valence-corrected chi connectivity index (χ2v) is 11.5. The van der Waals surface area contributed by atoms with Gasteiger partial charge < -0.3 is 0 Å². The molecule has 6 nitrogen and oxygen atoms in total. The van der Waals surface area contributed by atoms with Crippen LogP contribution in [0.1, 0.15) is 23.1 Å². The SMILES string of the molecule is Cc1ccc(CS(=O)(=O)N2CCCc3ccc(NS(=O)(=O)c4ccc(F)cc4F)cc32)cc1. The third-order valence-electron chi connectivity index (χ3n) is 5.40. The molecule has 1 aliphatic rings. The highest BCUT2D eigenvalue weighted by Gasteiger charge is 2.29. The molecule has 0 unspecified atom stereocenters. The fourth-order valence-corrected chi connectivity index (χ4v) is 6.53. The van der Waals surface area contributed by atoms with Crippen molar-refractivity contribution in [2.45, 2.75) is 30.4 Å². The van der Waals surface area contributed by atoms with Gasteiger partial charge in [0.05, 0.1) is 17.1 Å². The molecule has 0 bridgehead atoms. The minimum Gasteiger partial charge on any atom is -0.279 e. The maximum Gasteiger partial charge on any atom is 0.264 e. The number of sulfonamides is 2. The largest absolute Gasteiger partial charge is 0.279 e. The van der Waals surface area contributed by atoms with Crippen molar-refractivity contribution in [2.24, 2.45) is 0 Å². The molecular formula is C23H22F2N2O4S2. The lowest BCUT2D eigenvalue weighted by atomic mass is 10.0. The number of halogens is 2. The monoisotopic (exact) mass is 492 g/mol. The first kappa shape index (κ1) is 23.2. The summed E-state index contributed by atoms with van der Waals surface area (Å²) in [6, 6.07) is 14.0. The predicted octanol–water partition coefficient (Wildman–Crippen LogP) is 4.36. The highest BCUT2D eigenvalue weighted by molar-refractivity contribution is 7.92. The van der Waals surface area contributed by atoms with Gasteiger partial charge in [-0.2, -0.15) is 0 Å². The lowest BCUT2D eigenvalue weighted by molar-refractivity contribution is 0.551. The third kappa shape index (κ3) is 5.01. The molecule has 33 heavy (non-hydrogen) atoms. The Morgan fingerprint density at radius 1 is 0.939 bits per heavy atom. The van der Waals surface area contributed by atoms with Gasteiger partial charge in [-0.3, -0.25) is 9.03 Å². The van der Waals surface area contributed by atoms with Gasteiger partial charge in [-0.15, -0.1) is 0 Å². The van der Waals surface area contributed by atoms with Crippen LogP contribution >= 0.6 is 0 Å². The summed E-state index contributed by atoms with van der Waals surface area (Å²) in [6.07, 6.45) is 1.28. The van der Waals surface area contributed by atoms with E-state index in [4.69, 9.17) is 0 Å². The van der Waals surface area contributed by atoms with Crippen LogP contribution in [0.4, 0.5) is 20.2 Å². The van der Waals surface area contributed by atoms with Gasteiger partial charge in [0.1, 0.15) is 16.5 Å². The molecule has 0 aliphatic carbocycles. The summed E-state index contributed by atoms with van der Waals surface area (Å²) in [5.41, 5.74) is 2.90. The Labute approximate surface area is 192 Å². The number of aryl methyl sites for hydroxylation is 2. The summed E-state index contributed by atoms with van der Waals surface area (Å²) in [6.45, 7) is 2.18. The van der Waals surface area contributed by atoms with Crippen LogP contribution in [-0.2, 0) is 32.2 Å². The molecule has 174 valence electrons. The average molecular weight is 493 g/mol. The van der Waals surface area contributed by atoms with Crippen LogP contribution < -0.4 is 9.03 Å². The molecule has 0 spiro atoms. The molecule has 0 radical (unpaired) electrons. The minimum atomic E-state index is -4.35. The lowest BCUT2D eigenvalue weighted by Gasteiger charge is -2.31. The third-order valence-corrected chi connectivity index (χ3v) is 8.57. The van der Waals surface area contributed by atoms with Crippen LogP contribution in [0.5, 0.6) is 0 Å². The van der Waals surface area contributed by atoms with Crippen LogP contribution in [0, 0.1) is 18.6 Å². The first-order valence-electron chi connectivity index (χ1n) is 10.2. The number of benzene rings is 3. The van der Waals surface area contributed by atoms with Gasteiger partial charge in [-0.25, -0.2) is 25.6 Å². The van der Waals surface area contributed by atoms with Gasteiger partial charge in [0.25, 0.3) is 10.0 Å². The first-order chi connectivity index (χ1) is 15.5. The molecule has 0 saturated carbocycles. The molecule has 4 rings (SSSR count). The van der Waals surface area contributed by atoms with E-state index in [1.807, 2.05) is 19.1 Å². The van der Waals surface area contributed by atoms with Crippen molar-refractivity contribution in [1.82, 2.24) is 0 Å². The van der Waals surface area contributed by atoms with Crippen molar-refractivity contribution in [3.63, 3.8) is 0 Å². The highest BCUT2D eigenvalue weighted by atomic mass is 32.2. The van der Waals surface area contributed by atoms with Crippen molar-refractivity contribution < 1.29 is 25.6 Å². The standard InChI is InChI=1S/C23H22F2N2O4S2/c1-16-4-6-17(7-5-16)15-32(28,29)27-12-2-3-18-8-10-20(14-22(18)27)26-33(30,31)23-11-9-19(24)13-21(23)25/h4-11,13-14,26H,2-3,12,15H2,1H3. The smallest absolute Gasteiger partial charge is 0.264 e. The van der Waals surface area contributed by atoms with Crippen LogP contribution in [0.3, 0.4) is 0 Å². The van der Waals surface area contributed by atoms with E-state index < -0.39 is 36.6 Å². The Hall–Kier alpha value is -2.98. The maximum atomic E-state index is 14.0. The van der Waals surface area contributed by atoms with E-state index in [1.165, 1.54) is 16.4 Å². The van der Waals surface area contributed by atoms with E-state index in [0.717, 1.165) is 23.3 Å². The molecule has 0 atom stereocenters. The molecular weight excluding hydrogens is 470 g/mol. The number of nitrogens with one attached hydrogen (secondary N) is 1. The second-order valence-electron chi connectivity index (χ2n) is 7.94. The Kier molecular flexibility index (Phi) is 6.15. The molecule has 0 amide bonds. The Morgan fingerprint density at radius 3 is 2.36 bits per heavy atom. The lowest BCUT2D eigenvalue weighted by Crippen LogP contribution is -2.36. The number of fused-ring (bicyclic) bond motifs is 1. The molecule has 1 N–H and O–H groups in total. The summed E-state index contributed by atoms with van der Waals surface area (Å²) in [5.74, 6) is -2.30. The van der Waals surface area contributed by atoms with Gasteiger partial charge >= 0.3 is 0 Å². The number of rotatable bonds is 6. The quantitative estimate of drug-likeness (QED) is 0.554. The second kappa shape index (κ2) is 8.75. The van der Waals surface area contributed by atoms with Gasteiger partial charge in [-0.1, -0.05) is 35.9 Å². The van der Waals surface area contributed by atoms with Gasteiger partial charge in [0, 0.05) is 12.6 Å². The fourth-order valence-electron chi connectivity index (χ4n) is 3.77. The molecule has 0 saturated heterocycles. The van der Waals surface area contributed by atoms with Gasteiger partial charge in [0.15, 0.2) is 0 Å². The number of hydrogen-bond acceptors (Lipinski definition) is 4. The molecule has 0 fully saturated rings. The van der Waals surface area contributed by atoms with Crippen molar-refractivity contribution in [1.29, 1.82) is 0 Å². The number of hydrogen-bond donors (Lipinski definition) is 1. The van der Waals surface area contributed by atoms with Crippen LogP contribution in [0.2, 0.25) is 0 Å². The van der Waals surface area contributed by atoms with Crippen LogP contribution in [-0.4, -0.2) is 23.4 Å². The minimum absolute atomic E-state index is 0.0786. The van der Waals surface area contributed by atoms with E-state index in [1.54, 1.807) is 18.2 Å². The fraction of sp³-hybridized carbons (Fsp3) is 0.217. The van der Waals surface area contributed by atoms with E-state index in [0.29, 0.717) is 30.2 Å². The Bertz CT molecular complexity index is 1410. The Balaban J connectivity index is 1.65. The maximum absolute atomic E-state index is 14.0. The van der Waals surface area contributed by atoms with E-state index in [-0.39, 0.29) is 18.0 Å². The summed E-state index contributed by atoms with van der Waals surface area (Å²) >= 11 is 0. The normalized spacial score (nSPS) is 14.1. The van der Waals surface area contributed by atoms with Crippen molar-refractivity contribution >= 4 is 31.4 Å². The molecule has 0 aromatic heterocycles. The zero-order valence-corrected chi connectivity index (χ0v) is 19.4. The molecule has 3 aromatic rings. The number of nitrogens with zero attached hydrogens (tertiary/aromatic N) is 1. The molecule has 1 heterocycles. The first-order valence-corrected chi connectivity index (χ1v) is 13.3. The summed E-state index contributed by atoms with van der Waals surface area (Å²) < 4.78 is 82.4. The molecule has 3 aromatic carbocycles. The topological polar surface area (TPSA) is 83.6 Å². The predicted molar refractivity (Wildman–Crippen MR) is 123 cm³/mol. The number of anilines is 2. The summed E-state index contributed by atoms with van der Waals surface area (Å²) in [5, 5.41) is 0. The van der Waals surface area contributed by atoms with Crippen molar-refractivity contribution in [3.8, 4) is 0 Å². The van der Waals surface area contributed by atoms with Crippen LogP contribution in [0.25, 0.3) is 0 Å². The summed E-state index contributed by atoms with van der Waals surface area (Å²) in [4.78, 5) is -0.703. The van der Waals surface area contributed by atoms with Crippen molar-refractivity contribution in [3.05, 3.63) is 89.0 Å². The van der Waals surface area contributed by atoms with Gasteiger partial charge in [-0.05, 0) is 55.2 Å². The van der Waals surface area contributed by atoms with Crippen molar-refractivity contribution in [2.75, 3.05) is 15.6 Å². The summed E-state index contributed by atoms with van der Waals surface area (Å²) in [7, 11) is -8.08. The zero-order chi connectivity index (χ0) is 23.8. The van der Waals surface area contributed by atoms with E-state index in [9.17, 15) is 25.6 Å². The Morgan fingerprint density at radius 2 is 1.67 bits per heavy atom. The highest BCUT2D eigenvalue weighted by Crippen LogP contribution is 2.34. The molecule has 1 aliphatic heterocycles. The van der Waals surface area contributed by atoms with E-state index in [2.05, 4.69) is 4.72 Å². The van der Waals surface area contributed by atoms with Crippen LogP contribution in [0.15, 0.2) is 65.6 Å². The van der Waals surface area contributed by atoms with Gasteiger partial charge in [0.2, 0.25) is 10.0 Å².